The van der Waals surface area contributed by atoms with Crippen LogP contribution in [0.2, 0.25) is 5.02 Å². The van der Waals surface area contributed by atoms with E-state index in [9.17, 15) is 4.79 Å². The fraction of sp³-hybridized carbons (Fsp3) is 0.300. The van der Waals surface area contributed by atoms with E-state index in [0.717, 1.165) is 9.54 Å². The first-order valence-corrected chi connectivity index (χ1v) is 10.3. The molecule has 0 atom stereocenters. The molecule has 2 aromatic carbocycles. The van der Waals surface area contributed by atoms with E-state index < -0.39 is 11.7 Å². The van der Waals surface area contributed by atoms with Gasteiger partial charge in [0.05, 0.1) is 53.1 Å². The highest BCUT2D eigenvalue weighted by Crippen LogP contribution is 2.35. The van der Waals surface area contributed by atoms with Crippen LogP contribution in [0, 0.1) is 5.82 Å². The molecule has 10 heteroatoms. The van der Waals surface area contributed by atoms with Gasteiger partial charge in [-0.1, -0.05) is 27.5 Å². The molecule has 0 unspecified atom stereocenters. The van der Waals surface area contributed by atoms with Crippen molar-refractivity contribution in [2.24, 2.45) is 7.05 Å². The summed E-state index contributed by atoms with van der Waals surface area (Å²) in [4.78, 5) is 22.8. The summed E-state index contributed by atoms with van der Waals surface area (Å²) < 4.78 is 17.9. The molecule has 0 aliphatic carbocycles. The minimum Gasteiger partial charge on any atom is -0.394 e. The molecule has 2 N–H and O–H groups in total. The fourth-order valence-electron chi connectivity index (χ4n) is 2.94. The summed E-state index contributed by atoms with van der Waals surface area (Å²) >= 11 is 9.62. The van der Waals surface area contributed by atoms with Gasteiger partial charge in [0.2, 0.25) is 0 Å². The summed E-state index contributed by atoms with van der Waals surface area (Å²) in [5.74, 6) is -1.24. The standard InChI is InChI=1S/C20H21BrClFN4O3/c1-11(2)27(30-7-6-28)20(29)13-9-16-19(24-10-26(16)3)17(23)18(13)25-15-5-4-12(21)8-14(15)22/h4-5,8-11,25,28H,6-7H2,1-3H3. The van der Waals surface area contributed by atoms with Crippen molar-refractivity contribution in [3.05, 3.63) is 51.5 Å². The van der Waals surface area contributed by atoms with Crippen LogP contribution in [0.5, 0.6) is 0 Å². The third-order valence-corrected chi connectivity index (χ3v) is 5.18. The lowest BCUT2D eigenvalue weighted by molar-refractivity contribution is -0.148. The number of rotatable bonds is 7. The Kier molecular flexibility index (Phi) is 6.97. The Morgan fingerprint density at radius 1 is 1.43 bits per heavy atom. The number of nitrogens with zero attached hydrogens (tertiary/aromatic N) is 3. The minimum absolute atomic E-state index is 0.0502. The second kappa shape index (κ2) is 9.30. The van der Waals surface area contributed by atoms with Crippen molar-refractivity contribution in [3.63, 3.8) is 0 Å². The normalized spacial score (nSPS) is 11.3. The smallest absolute Gasteiger partial charge is 0.279 e. The number of nitrogens with one attached hydrogen (secondary N) is 1. The molecule has 30 heavy (non-hydrogen) atoms. The van der Waals surface area contributed by atoms with Gasteiger partial charge in [0.1, 0.15) is 5.52 Å². The summed E-state index contributed by atoms with van der Waals surface area (Å²) in [5.41, 5.74) is 0.990. The summed E-state index contributed by atoms with van der Waals surface area (Å²) in [6.45, 7) is 3.19. The molecule has 0 radical (unpaired) electrons. The van der Waals surface area contributed by atoms with E-state index in [1.165, 1.54) is 6.33 Å². The molecule has 0 saturated heterocycles. The number of aliphatic hydroxyl groups is 1. The van der Waals surface area contributed by atoms with E-state index in [1.807, 2.05) is 0 Å². The number of fused-ring (bicyclic) bond motifs is 1. The predicted octanol–water partition coefficient (Wildman–Crippen LogP) is 4.65. The summed E-state index contributed by atoms with van der Waals surface area (Å²) in [7, 11) is 1.71. The van der Waals surface area contributed by atoms with Crippen LogP contribution in [0.3, 0.4) is 0 Å². The molecule has 1 heterocycles. The van der Waals surface area contributed by atoms with E-state index in [0.29, 0.717) is 16.2 Å². The van der Waals surface area contributed by atoms with Crippen molar-refractivity contribution in [2.75, 3.05) is 18.5 Å². The van der Waals surface area contributed by atoms with Crippen molar-refractivity contribution >= 4 is 55.8 Å². The first-order chi connectivity index (χ1) is 14.2. The minimum atomic E-state index is -0.679. The number of halogens is 3. The Bertz CT molecular complexity index is 1090. The van der Waals surface area contributed by atoms with Crippen LogP contribution in [-0.2, 0) is 11.9 Å². The first kappa shape index (κ1) is 22.5. The van der Waals surface area contributed by atoms with Gasteiger partial charge in [-0.3, -0.25) is 9.63 Å². The van der Waals surface area contributed by atoms with E-state index in [-0.39, 0.29) is 36.0 Å². The molecule has 7 nitrogen and oxygen atoms in total. The van der Waals surface area contributed by atoms with Crippen LogP contribution in [0.1, 0.15) is 24.2 Å². The molecule has 0 saturated carbocycles. The van der Waals surface area contributed by atoms with Gasteiger partial charge in [0.15, 0.2) is 5.82 Å². The Morgan fingerprint density at radius 3 is 2.80 bits per heavy atom. The molecule has 0 spiro atoms. The Hall–Kier alpha value is -2.20. The number of carbonyl (C=O) groups excluding carboxylic acids is 1. The molecule has 3 aromatic rings. The fourth-order valence-corrected chi connectivity index (χ4v) is 3.66. The molecule has 0 aliphatic rings. The second-order valence-corrected chi connectivity index (χ2v) is 8.19. The lowest BCUT2D eigenvalue weighted by Gasteiger charge is -2.26. The molecular weight excluding hydrogens is 479 g/mol. The number of benzene rings is 2. The first-order valence-electron chi connectivity index (χ1n) is 9.17. The summed E-state index contributed by atoms with van der Waals surface area (Å²) in [6, 6.07) is 6.29. The van der Waals surface area contributed by atoms with Gasteiger partial charge < -0.3 is 15.0 Å². The molecule has 0 bridgehead atoms. The van der Waals surface area contributed by atoms with Crippen molar-refractivity contribution < 1.29 is 19.1 Å². The van der Waals surface area contributed by atoms with Crippen molar-refractivity contribution in [1.82, 2.24) is 14.6 Å². The highest BCUT2D eigenvalue weighted by Gasteiger charge is 2.27. The topological polar surface area (TPSA) is 79.6 Å². The Morgan fingerprint density at radius 2 is 2.17 bits per heavy atom. The number of hydroxylamine groups is 2. The van der Waals surface area contributed by atoms with Gasteiger partial charge in [0.25, 0.3) is 5.91 Å². The summed E-state index contributed by atoms with van der Waals surface area (Å²) in [6.07, 6.45) is 1.47. The van der Waals surface area contributed by atoms with Gasteiger partial charge in [0, 0.05) is 11.5 Å². The van der Waals surface area contributed by atoms with Crippen LogP contribution in [0.4, 0.5) is 15.8 Å². The average Bonchev–Trinajstić information content (AvgIpc) is 3.06. The van der Waals surface area contributed by atoms with Gasteiger partial charge in [-0.05, 0) is 38.1 Å². The zero-order valence-corrected chi connectivity index (χ0v) is 19.0. The van der Waals surface area contributed by atoms with Gasteiger partial charge in [-0.15, -0.1) is 0 Å². The highest BCUT2D eigenvalue weighted by molar-refractivity contribution is 9.10. The van der Waals surface area contributed by atoms with Crippen LogP contribution in [-0.4, -0.2) is 44.9 Å². The number of imidazole rings is 1. The number of aromatic nitrogens is 2. The van der Waals surface area contributed by atoms with Gasteiger partial charge in [-0.2, -0.15) is 0 Å². The molecule has 0 aliphatic heterocycles. The predicted molar refractivity (Wildman–Crippen MR) is 117 cm³/mol. The molecule has 160 valence electrons. The number of aryl methyl sites for hydroxylation is 1. The van der Waals surface area contributed by atoms with E-state index in [1.54, 1.807) is 49.7 Å². The number of carbonyl (C=O) groups is 1. The summed E-state index contributed by atoms with van der Waals surface area (Å²) in [5, 5.41) is 13.5. The zero-order valence-electron chi connectivity index (χ0n) is 16.6. The van der Waals surface area contributed by atoms with Crippen molar-refractivity contribution in [3.8, 4) is 0 Å². The van der Waals surface area contributed by atoms with E-state index >= 15 is 4.39 Å². The lowest BCUT2D eigenvalue weighted by Crippen LogP contribution is -2.38. The van der Waals surface area contributed by atoms with Gasteiger partial charge >= 0.3 is 0 Å². The van der Waals surface area contributed by atoms with Crippen LogP contribution >= 0.6 is 27.5 Å². The molecule has 3 rings (SSSR count). The van der Waals surface area contributed by atoms with Gasteiger partial charge in [-0.25, -0.2) is 14.4 Å². The number of aliphatic hydroxyl groups excluding tert-OH is 1. The average molecular weight is 500 g/mol. The number of hydrogen-bond donors (Lipinski definition) is 2. The second-order valence-electron chi connectivity index (χ2n) is 6.87. The Balaban J connectivity index is 2.16. The largest absolute Gasteiger partial charge is 0.394 e. The maximum atomic E-state index is 15.5. The van der Waals surface area contributed by atoms with Crippen LogP contribution in [0.25, 0.3) is 11.0 Å². The third-order valence-electron chi connectivity index (χ3n) is 4.37. The Labute approximate surface area is 186 Å². The maximum Gasteiger partial charge on any atom is 0.279 e. The monoisotopic (exact) mass is 498 g/mol. The quantitative estimate of drug-likeness (QED) is 0.463. The van der Waals surface area contributed by atoms with Crippen LogP contribution in [0.15, 0.2) is 35.1 Å². The molecule has 0 fully saturated rings. The zero-order chi connectivity index (χ0) is 22.0. The van der Waals surface area contributed by atoms with E-state index in [4.69, 9.17) is 21.5 Å². The van der Waals surface area contributed by atoms with E-state index in [2.05, 4.69) is 26.2 Å². The highest BCUT2D eigenvalue weighted by atomic mass is 79.9. The molecule has 1 amide bonds. The van der Waals surface area contributed by atoms with Crippen LogP contribution < -0.4 is 5.32 Å². The molecular formula is C20H21BrClFN4O3. The number of hydrogen-bond acceptors (Lipinski definition) is 5. The third kappa shape index (κ3) is 4.44. The number of amides is 1. The number of anilines is 2. The maximum absolute atomic E-state index is 15.5. The van der Waals surface area contributed by atoms with Crippen molar-refractivity contribution in [1.29, 1.82) is 0 Å². The lowest BCUT2D eigenvalue weighted by atomic mass is 10.1. The molecule has 1 aromatic heterocycles. The SMILES string of the molecule is CC(C)N(OCCO)C(=O)c1cc2c(ncn2C)c(F)c1Nc1ccc(Br)cc1Cl. The van der Waals surface area contributed by atoms with Crippen molar-refractivity contribution in [2.45, 2.75) is 19.9 Å².